The fraction of sp³-hybridized carbons (Fsp3) is 1.00. The monoisotopic (exact) mass is 190 g/mol. The zero-order chi connectivity index (χ0) is 10.0. The molecule has 1 fully saturated rings. The van der Waals surface area contributed by atoms with E-state index < -0.39 is 12.2 Å². The molecule has 1 heterocycles. The average molecular weight is 190 g/mol. The molecule has 0 bridgehead atoms. The summed E-state index contributed by atoms with van der Waals surface area (Å²) in [6.45, 7) is 3.74. The normalized spacial score (nSPS) is 46.4. The molecule has 0 aromatic rings. The van der Waals surface area contributed by atoms with Crippen molar-refractivity contribution in [1.29, 1.82) is 0 Å². The summed E-state index contributed by atoms with van der Waals surface area (Å²) in [6.07, 6.45) is -1.45. The molecule has 0 spiro atoms. The Balaban J connectivity index is 2.66. The highest BCUT2D eigenvalue weighted by Gasteiger charge is 2.40. The summed E-state index contributed by atoms with van der Waals surface area (Å²) >= 11 is 0. The molecule has 1 saturated heterocycles. The smallest absolute Gasteiger partial charge is 0.160 e. The Bertz CT molecular complexity index is 142. The zero-order valence-electron chi connectivity index (χ0n) is 8.30. The van der Waals surface area contributed by atoms with Crippen molar-refractivity contribution in [2.75, 3.05) is 13.7 Å². The Kier molecular flexibility index (Phi) is 3.67. The van der Waals surface area contributed by atoms with E-state index >= 15 is 0 Å². The van der Waals surface area contributed by atoms with Crippen LogP contribution in [0.1, 0.15) is 13.8 Å². The van der Waals surface area contributed by atoms with Crippen LogP contribution in [0.15, 0.2) is 0 Å². The van der Waals surface area contributed by atoms with Crippen LogP contribution in [0.4, 0.5) is 0 Å². The molecule has 0 radical (unpaired) electrons. The van der Waals surface area contributed by atoms with Crippen LogP contribution >= 0.6 is 0 Å². The Morgan fingerprint density at radius 2 is 1.92 bits per heavy atom. The first-order valence-corrected chi connectivity index (χ1v) is 4.59. The van der Waals surface area contributed by atoms with Crippen LogP contribution < -0.4 is 0 Å². The van der Waals surface area contributed by atoms with Gasteiger partial charge >= 0.3 is 0 Å². The van der Waals surface area contributed by atoms with Crippen LogP contribution in [0.3, 0.4) is 0 Å². The lowest BCUT2D eigenvalue weighted by Gasteiger charge is -2.41. The van der Waals surface area contributed by atoms with Gasteiger partial charge in [-0.1, -0.05) is 13.8 Å². The van der Waals surface area contributed by atoms with Crippen LogP contribution in [0.2, 0.25) is 0 Å². The lowest BCUT2D eigenvalue weighted by molar-refractivity contribution is -0.260. The molecule has 1 unspecified atom stereocenters. The minimum Gasteiger partial charge on any atom is -0.394 e. The molecule has 1 aliphatic heterocycles. The molecule has 1 rings (SSSR count). The van der Waals surface area contributed by atoms with Gasteiger partial charge < -0.3 is 19.7 Å². The largest absolute Gasteiger partial charge is 0.394 e. The molecule has 0 aromatic carbocycles. The van der Waals surface area contributed by atoms with Gasteiger partial charge in [0, 0.05) is 13.0 Å². The molecule has 1 aliphatic rings. The minimum absolute atomic E-state index is 0.0795. The van der Waals surface area contributed by atoms with Crippen LogP contribution in [0.5, 0.6) is 0 Å². The predicted octanol–water partition coefficient (Wildman–Crippen LogP) is -0.0169. The van der Waals surface area contributed by atoms with Crippen LogP contribution in [0, 0.1) is 11.8 Å². The summed E-state index contributed by atoms with van der Waals surface area (Å²) in [5.41, 5.74) is 0. The molecule has 0 amide bonds. The standard InChI is InChI=1S/C9H18O4/c1-5-6(2)9(12-3)13-7(4-10)8(5)11/h5-11H,4H2,1-3H3/t5?,6-,7+,8-,9+/m0/s1. The molecular formula is C9H18O4. The minimum atomic E-state index is -0.605. The van der Waals surface area contributed by atoms with E-state index in [9.17, 15) is 5.11 Å². The molecule has 78 valence electrons. The maximum absolute atomic E-state index is 9.68. The Morgan fingerprint density at radius 1 is 1.31 bits per heavy atom. The topological polar surface area (TPSA) is 58.9 Å². The van der Waals surface area contributed by atoms with E-state index in [1.807, 2.05) is 13.8 Å². The second-order valence-corrected chi connectivity index (χ2v) is 3.67. The van der Waals surface area contributed by atoms with Gasteiger partial charge in [0.25, 0.3) is 0 Å². The van der Waals surface area contributed by atoms with E-state index in [2.05, 4.69) is 0 Å². The van der Waals surface area contributed by atoms with Crippen molar-refractivity contribution in [2.45, 2.75) is 32.3 Å². The summed E-state index contributed by atoms with van der Waals surface area (Å²) < 4.78 is 10.5. The van der Waals surface area contributed by atoms with Crippen LogP contribution in [-0.4, -0.2) is 42.4 Å². The van der Waals surface area contributed by atoms with Crippen LogP contribution in [-0.2, 0) is 9.47 Å². The van der Waals surface area contributed by atoms with E-state index in [1.54, 1.807) is 7.11 Å². The second kappa shape index (κ2) is 4.37. The Labute approximate surface area is 78.5 Å². The first-order chi connectivity index (χ1) is 6.11. The van der Waals surface area contributed by atoms with Crippen molar-refractivity contribution in [3.8, 4) is 0 Å². The molecule has 2 N–H and O–H groups in total. The first kappa shape index (κ1) is 10.9. The highest BCUT2D eigenvalue weighted by atomic mass is 16.7. The van der Waals surface area contributed by atoms with Gasteiger partial charge in [0.2, 0.25) is 0 Å². The summed E-state index contributed by atoms with van der Waals surface area (Å²) in [5, 5.41) is 18.6. The van der Waals surface area contributed by atoms with Crippen molar-refractivity contribution >= 4 is 0 Å². The summed E-state index contributed by atoms with van der Waals surface area (Å²) in [6, 6.07) is 0. The van der Waals surface area contributed by atoms with Crippen LogP contribution in [0.25, 0.3) is 0 Å². The predicted molar refractivity (Wildman–Crippen MR) is 47.1 cm³/mol. The van der Waals surface area contributed by atoms with Gasteiger partial charge in [-0.05, 0) is 5.92 Å². The quantitative estimate of drug-likeness (QED) is 0.642. The molecule has 5 atom stereocenters. The Hall–Kier alpha value is -0.160. The molecule has 0 aromatic heterocycles. The van der Waals surface area contributed by atoms with E-state index in [0.29, 0.717) is 0 Å². The summed E-state index contributed by atoms with van der Waals surface area (Å²) in [4.78, 5) is 0. The molecule has 0 aliphatic carbocycles. The first-order valence-electron chi connectivity index (χ1n) is 4.59. The van der Waals surface area contributed by atoms with Crippen molar-refractivity contribution in [3.63, 3.8) is 0 Å². The van der Waals surface area contributed by atoms with Gasteiger partial charge in [-0.3, -0.25) is 0 Å². The molecule has 0 saturated carbocycles. The maximum atomic E-state index is 9.68. The number of hydrogen-bond acceptors (Lipinski definition) is 4. The fourth-order valence-corrected chi connectivity index (χ4v) is 1.70. The van der Waals surface area contributed by atoms with Gasteiger partial charge in [-0.15, -0.1) is 0 Å². The SMILES string of the molecule is CO[C@@H]1O[C@H](CO)[C@@H](O)C(C)[C@@H]1C. The van der Waals surface area contributed by atoms with Crippen molar-refractivity contribution in [2.24, 2.45) is 11.8 Å². The third kappa shape index (κ3) is 2.02. The summed E-state index contributed by atoms with van der Waals surface area (Å²) in [7, 11) is 1.57. The fourth-order valence-electron chi connectivity index (χ4n) is 1.70. The van der Waals surface area contributed by atoms with E-state index in [1.165, 1.54) is 0 Å². The third-order valence-electron chi connectivity index (χ3n) is 2.90. The highest BCUT2D eigenvalue weighted by molar-refractivity contribution is 4.84. The number of ether oxygens (including phenoxy) is 2. The molecule has 4 nitrogen and oxygen atoms in total. The van der Waals surface area contributed by atoms with Gasteiger partial charge in [-0.25, -0.2) is 0 Å². The zero-order valence-corrected chi connectivity index (χ0v) is 8.30. The van der Waals surface area contributed by atoms with Gasteiger partial charge in [-0.2, -0.15) is 0 Å². The second-order valence-electron chi connectivity index (χ2n) is 3.67. The number of aliphatic hydroxyl groups is 2. The highest BCUT2D eigenvalue weighted by Crippen LogP contribution is 2.30. The number of aliphatic hydroxyl groups excluding tert-OH is 2. The summed E-state index contributed by atoms with van der Waals surface area (Å²) in [5.74, 6) is 0.221. The number of hydrogen-bond donors (Lipinski definition) is 2. The van der Waals surface area contributed by atoms with E-state index in [0.717, 1.165) is 0 Å². The van der Waals surface area contributed by atoms with Crippen molar-refractivity contribution in [3.05, 3.63) is 0 Å². The molecule has 13 heavy (non-hydrogen) atoms. The lowest BCUT2D eigenvalue weighted by atomic mass is 9.85. The lowest BCUT2D eigenvalue weighted by Crippen LogP contribution is -2.51. The van der Waals surface area contributed by atoms with Crippen molar-refractivity contribution in [1.82, 2.24) is 0 Å². The van der Waals surface area contributed by atoms with Gasteiger partial charge in [0.05, 0.1) is 12.7 Å². The van der Waals surface area contributed by atoms with Crippen molar-refractivity contribution < 1.29 is 19.7 Å². The Morgan fingerprint density at radius 3 is 2.38 bits per heavy atom. The number of rotatable bonds is 2. The third-order valence-corrected chi connectivity index (χ3v) is 2.90. The molecular weight excluding hydrogens is 172 g/mol. The van der Waals surface area contributed by atoms with Gasteiger partial charge in [0.15, 0.2) is 6.29 Å². The molecule has 4 heteroatoms. The van der Waals surface area contributed by atoms with E-state index in [4.69, 9.17) is 14.6 Å². The van der Waals surface area contributed by atoms with E-state index in [-0.39, 0.29) is 24.7 Å². The average Bonchev–Trinajstić information content (AvgIpc) is 2.15. The maximum Gasteiger partial charge on any atom is 0.160 e. The number of methoxy groups -OCH3 is 1. The van der Waals surface area contributed by atoms with Gasteiger partial charge in [0.1, 0.15) is 6.10 Å².